The standard InChI is InChI=1S/C46H77NO5S2/c1-3-5-7-9-11-13-15-17-19-21-23-25-27-32-38-47(39-33-28-26-24-22-20-18-16-14-12-10-8-6-4-2)54(51,52)43-36-37-45(44(40-43)46(48)49)53(50)41-42-34-30-29-31-35-42/h29-31,34-37,40H,3-28,32-33,38-39,41H2,1-2H3,(H,48,49). The van der Waals surface area contributed by atoms with Crippen molar-refractivity contribution in [3.63, 3.8) is 0 Å². The number of nitrogens with zero attached hydrogens (tertiary/aromatic N) is 1. The van der Waals surface area contributed by atoms with Crippen LogP contribution in [0.3, 0.4) is 0 Å². The minimum absolute atomic E-state index is 0.0314. The molecule has 1 atom stereocenters. The van der Waals surface area contributed by atoms with Gasteiger partial charge < -0.3 is 5.11 Å². The molecule has 0 spiro atoms. The van der Waals surface area contributed by atoms with Gasteiger partial charge >= 0.3 is 5.97 Å². The van der Waals surface area contributed by atoms with Gasteiger partial charge in [0.25, 0.3) is 0 Å². The topological polar surface area (TPSA) is 91.8 Å². The molecule has 308 valence electrons. The molecular formula is C46H77NO5S2. The van der Waals surface area contributed by atoms with Crippen molar-refractivity contribution in [3.8, 4) is 0 Å². The van der Waals surface area contributed by atoms with Crippen molar-refractivity contribution in [1.29, 1.82) is 0 Å². The highest BCUT2D eigenvalue weighted by Crippen LogP contribution is 2.25. The van der Waals surface area contributed by atoms with Crippen LogP contribution in [-0.4, -0.2) is 41.1 Å². The first kappa shape index (κ1) is 48.1. The molecule has 0 aliphatic rings. The summed E-state index contributed by atoms with van der Waals surface area (Å²) >= 11 is 0. The highest BCUT2D eigenvalue weighted by Gasteiger charge is 2.27. The summed E-state index contributed by atoms with van der Waals surface area (Å²) < 4.78 is 43.0. The molecule has 0 fully saturated rings. The van der Waals surface area contributed by atoms with Gasteiger partial charge in [0.1, 0.15) is 0 Å². The number of carboxylic acids is 1. The van der Waals surface area contributed by atoms with Crippen LogP contribution < -0.4 is 0 Å². The van der Waals surface area contributed by atoms with E-state index >= 15 is 0 Å². The van der Waals surface area contributed by atoms with E-state index in [4.69, 9.17) is 0 Å². The number of hydrogen-bond acceptors (Lipinski definition) is 4. The molecule has 6 nitrogen and oxygen atoms in total. The van der Waals surface area contributed by atoms with Crippen LogP contribution in [0.2, 0.25) is 0 Å². The predicted molar refractivity (Wildman–Crippen MR) is 229 cm³/mol. The maximum Gasteiger partial charge on any atom is 0.336 e. The smallest absolute Gasteiger partial charge is 0.336 e. The van der Waals surface area contributed by atoms with E-state index in [9.17, 15) is 22.5 Å². The fraction of sp³-hybridized carbons (Fsp3) is 0.717. The third-order valence-corrected chi connectivity index (χ3v) is 14.1. The molecule has 0 saturated carbocycles. The molecule has 0 aliphatic carbocycles. The highest BCUT2D eigenvalue weighted by molar-refractivity contribution is 7.89. The zero-order chi connectivity index (χ0) is 39.1. The SMILES string of the molecule is CCCCCCCCCCCCCCCCN(CCCCCCCCCCCCCCCC)S(=O)(=O)c1ccc(S(=O)Cc2ccccc2)c(C(=O)O)c1. The number of sulfonamides is 1. The summed E-state index contributed by atoms with van der Waals surface area (Å²) in [4.78, 5) is 12.4. The second-order valence-corrected chi connectivity index (χ2v) is 18.9. The van der Waals surface area contributed by atoms with Gasteiger partial charge in [-0.3, -0.25) is 4.21 Å². The van der Waals surface area contributed by atoms with E-state index in [1.165, 1.54) is 159 Å². The molecule has 0 bridgehead atoms. The number of unbranched alkanes of at least 4 members (excludes halogenated alkanes) is 26. The van der Waals surface area contributed by atoms with Crippen molar-refractivity contribution in [2.45, 2.75) is 209 Å². The Morgan fingerprint density at radius 2 is 0.926 bits per heavy atom. The van der Waals surface area contributed by atoms with Crippen molar-refractivity contribution >= 4 is 26.8 Å². The highest BCUT2D eigenvalue weighted by atomic mass is 32.2. The average Bonchev–Trinajstić information content (AvgIpc) is 3.17. The Morgan fingerprint density at radius 3 is 1.30 bits per heavy atom. The van der Waals surface area contributed by atoms with Crippen LogP contribution in [0.4, 0.5) is 0 Å². The normalized spacial score (nSPS) is 12.4. The second-order valence-electron chi connectivity index (χ2n) is 15.5. The maximum atomic E-state index is 14.1. The first-order valence-electron chi connectivity index (χ1n) is 22.1. The van der Waals surface area contributed by atoms with Crippen LogP contribution in [-0.2, 0) is 26.6 Å². The van der Waals surface area contributed by atoms with Crippen molar-refractivity contribution in [2.75, 3.05) is 13.1 Å². The number of aromatic carboxylic acids is 1. The molecule has 0 aromatic heterocycles. The van der Waals surface area contributed by atoms with E-state index in [0.717, 1.165) is 44.1 Å². The van der Waals surface area contributed by atoms with Gasteiger partial charge in [-0.05, 0) is 36.6 Å². The van der Waals surface area contributed by atoms with Gasteiger partial charge in [-0.15, -0.1) is 0 Å². The lowest BCUT2D eigenvalue weighted by molar-refractivity contribution is 0.0692. The van der Waals surface area contributed by atoms with Gasteiger partial charge in [0, 0.05) is 13.1 Å². The molecule has 0 radical (unpaired) electrons. The van der Waals surface area contributed by atoms with Gasteiger partial charge in [0.05, 0.1) is 31.9 Å². The summed E-state index contributed by atoms with van der Waals surface area (Å²) in [6.45, 7) is 5.39. The largest absolute Gasteiger partial charge is 0.478 e. The molecular weight excluding hydrogens is 711 g/mol. The summed E-state index contributed by atoms with van der Waals surface area (Å²) in [5, 5.41) is 10.1. The molecule has 2 aromatic carbocycles. The Kier molecular flexibility index (Phi) is 27.7. The number of rotatable bonds is 36. The first-order valence-corrected chi connectivity index (χ1v) is 24.9. The van der Waals surface area contributed by atoms with Crippen molar-refractivity contribution in [2.24, 2.45) is 0 Å². The lowest BCUT2D eigenvalue weighted by atomic mass is 10.0. The predicted octanol–water partition coefficient (Wildman–Crippen LogP) is 13.6. The van der Waals surface area contributed by atoms with E-state index in [1.807, 2.05) is 30.3 Å². The summed E-state index contributed by atoms with van der Waals surface area (Å²) in [5.74, 6) is -1.11. The van der Waals surface area contributed by atoms with E-state index in [1.54, 1.807) is 4.31 Å². The molecule has 1 N–H and O–H groups in total. The minimum atomic E-state index is -3.92. The molecule has 8 heteroatoms. The van der Waals surface area contributed by atoms with Crippen LogP contribution in [0.5, 0.6) is 0 Å². The van der Waals surface area contributed by atoms with Crippen LogP contribution in [0.25, 0.3) is 0 Å². The van der Waals surface area contributed by atoms with Gasteiger partial charge in [-0.25, -0.2) is 13.2 Å². The molecule has 1 unspecified atom stereocenters. The molecule has 54 heavy (non-hydrogen) atoms. The maximum absolute atomic E-state index is 14.1. The number of carboxylic acid groups (broad SMARTS) is 1. The first-order chi connectivity index (χ1) is 26.3. The monoisotopic (exact) mass is 788 g/mol. The fourth-order valence-electron chi connectivity index (χ4n) is 7.31. The zero-order valence-electron chi connectivity index (χ0n) is 34.4. The Hall–Kier alpha value is -2.03. The molecule has 2 rings (SSSR count). The van der Waals surface area contributed by atoms with Crippen LogP contribution >= 0.6 is 0 Å². The van der Waals surface area contributed by atoms with Crippen molar-refractivity contribution in [3.05, 3.63) is 59.7 Å². The number of hydrogen-bond donors (Lipinski definition) is 1. The zero-order valence-corrected chi connectivity index (χ0v) is 36.0. The quantitative estimate of drug-likeness (QED) is 0.0694. The van der Waals surface area contributed by atoms with Crippen LogP contribution in [0, 0.1) is 0 Å². The third kappa shape index (κ3) is 21.3. The van der Waals surface area contributed by atoms with Crippen LogP contribution in [0.15, 0.2) is 58.3 Å². The number of benzene rings is 2. The summed E-state index contributed by atoms with van der Waals surface area (Å²) in [6, 6.07) is 13.4. The third-order valence-electron chi connectivity index (χ3n) is 10.7. The Bertz CT molecular complexity index is 1330. The number of carbonyl (C=O) groups is 1. The molecule has 0 aliphatic heterocycles. The van der Waals surface area contributed by atoms with Gasteiger partial charge in [-0.1, -0.05) is 211 Å². The van der Waals surface area contributed by atoms with Crippen molar-refractivity contribution in [1.82, 2.24) is 4.31 Å². The summed E-state index contributed by atoms with van der Waals surface area (Å²) in [6.07, 6.45) is 34.8. The Morgan fingerprint density at radius 1 is 0.556 bits per heavy atom. The lowest BCUT2D eigenvalue weighted by Crippen LogP contribution is -2.33. The molecule has 2 aromatic rings. The van der Waals surface area contributed by atoms with E-state index in [0.29, 0.717) is 13.1 Å². The van der Waals surface area contributed by atoms with E-state index in [-0.39, 0.29) is 21.1 Å². The Balaban J connectivity index is 1.89. The fourth-order valence-corrected chi connectivity index (χ4v) is 10.1. The van der Waals surface area contributed by atoms with Gasteiger partial charge in [-0.2, -0.15) is 4.31 Å². The second kappa shape index (κ2) is 31.1. The van der Waals surface area contributed by atoms with Crippen LogP contribution in [0.1, 0.15) is 210 Å². The Labute approximate surface area is 334 Å². The lowest BCUT2D eigenvalue weighted by Gasteiger charge is -2.23. The molecule has 0 heterocycles. The van der Waals surface area contributed by atoms with E-state index < -0.39 is 26.8 Å². The molecule has 0 saturated heterocycles. The van der Waals surface area contributed by atoms with Gasteiger partial charge in [0.2, 0.25) is 10.0 Å². The van der Waals surface area contributed by atoms with E-state index in [2.05, 4.69) is 13.8 Å². The van der Waals surface area contributed by atoms with Crippen molar-refractivity contribution < 1.29 is 22.5 Å². The molecule has 0 amide bonds. The average molecular weight is 788 g/mol. The summed E-state index contributed by atoms with van der Waals surface area (Å²) in [5.41, 5.74) is 0.620. The summed E-state index contributed by atoms with van der Waals surface area (Å²) in [7, 11) is -5.55. The minimum Gasteiger partial charge on any atom is -0.478 e. The van der Waals surface area contributed by atoms with Gasteiger partial charge in [0.15, 0.2) is 0 Å².